The Kier molecular flexibility index (Phi) is 4.99. The Morgan fingerprint density at radius 2 is 1.79 bits per heavy atom. The van der Waals surface area contributed by atoms with Crippen LogP contribution in [0.5, 0.6) is 0 Å². The van der Waals surface area contributed by atoms with E-state index < -0.39 is 0 Å². The van der Waals surface area contributed by atoms with Gasteiger partial charge in [-0.2, -0.15) is 0 Å². The second-order valence-corrected chi connectivity index (χ2v) is 4.61. The van der Waals surface area contributed by atoms with Crippen LogP contribution < -0.4 is 5.32 Å². The second kappa shape index (κ2) is 6.95. The van der Waals surface area contributed by atoms with Crippen molar-refractivity contribution in [3.63, 3.8) is 0 Å². The van der Waals surface area contributed by atoms with Crippen LogP contribution in [0.1, 0.15) is 23.6 Å². The molecular weight excluding hydrogens is 234 g/mol. The zero-order chi connectivity index (χ0) is 13.5. The standard InChI is InChI=1S/C17H21NO/c1-3-14-7-6-10-17(11-14)18-12-15-8-4-5-9-16(15)13-19-2/h4-11,18H,3,12-13H2,1-2H3. The molecule has 2 rings (SSSR count). The summed E-state index contributed by atoms with van der Waals surface area (Å²) in [6, 6.07) is 16.9. The molecule has 0 heterocycles. The third kappa shape index (κ3) is 3.83. The molecule has 0 aromatic heterocycles. The molecule has 0 aliphatic carbocycles. The van der Waals surface area contributed by atoms with Gasteiger partial charge in [0.05, 0.1) is 6.61 Å². The molecule has 2 aromatic carbocycles. The van der Waals surface area contributed by atoms with E-state index in [9.17, 15) is 0 Å². The summed E-state index contributed by atoms with van der Waals surface area (Å²) in [4.78, 5) is 0. The van der Waals surface area contributed by atoms with Gasteiger partial charge in [-0.3, -0.25) is 0 Å². The fourth-order valence-corrected chi connectivity index (χ4v) is 2.12. The van der Waals surface area contributed by atoms with E-state index in [1.54, 1.807) is 7.11 Å². The third-order valence-electron chi connectivity index (χ3n) is 3.24. The average Bonchev–Trinajstić information content (AvgIpc) is 2.47. The van der Waals surface area contributed by atoms with Gasteiger partial charge in [0.25, 0.3) is 0 Å². The molecule has 0 spiro atoms. The molecule has 0 aliphatic rings. The maximum atomic E-state index is 5.23. The Balaban J connectivity index is 2.05. The van der Waals surface area contributed by atoms with Crippen LogP contribution in [0.2, 0.25) is 0 Å². The number of benzene rings is 2. The lowest BCUT2D eigenvalue weighted by atomic mass is 10.1. The maximum Gasteiger partial charge on any atom is 0.0716 e. The minimum atomic E-state index is 0.660. The molecule has 0 unspecified atom stereocenters. The Morgan fingerprint density at radius 3 is 2.53 bits per heavy atom. The van der Waals surface area contributed by atoms with Gasteiger partial charge in [-0.1, -0.05) is 43.3 Å². The first kappa shape index (κ1) is 13.6. The largest absolute Gasteiger partial charge is 0.381 e. The molecule has 0 radical (unpaired) electrons. The molecule has 100 valence electrons. The molecule has 0 bridgehead atoms. The van der Waals surface area contributed by atoms with Crippen molar-refractivity contribution in [2.45, 2.75) is 26.5 Å². The van der Waals surface area contributed by atoms with Crippen molar-refractivity contribution in [2.75, 3.05) is 12.4 Å². The highest BCUT2D eigenvalue weighted by molar-refractivity contribution is 5.46. The van der Waals surface area contributed by atoms with Crippen LogP contribution in [0.25, 0.3) is 0 Å². The lowest BCUT2D eigenvalue weighted by Crippen LogP contribution is -2.03. The Bertz CT molecular complexity index is 522. The molecule has 0 saturated heterocycles. The molecule has 19 heavy (non-hydrogen) atoms. The highest BCUT2D eigenvalue weighted by Gasteiger charge is 2.01. The van der Waals surface area contributed by atoms with Crippen LogP contribution in [-0.2, 0) is 24.3 Å². The third-order valence-corrected chi connectivity index (χ3v) is 3.24. The summed E-state index contributed by atoms with van der Waals surface area (Å²) in [5.74, 6) is 0. The van der Waals surface area contributed by atoms with Crippen LogP contribution in [0, 0.1) is 0 Å². The Hall–Kier alpha value is -1.80. The highest BCUT2D eigenvalue weighted by Crippen LogP contribution is 2.15. The quantitative estimate of drug-likeness (QED) is 0.842. The van der Waals surface area contributed by atoms with Crippen LogP contribution in [0.4, 0.5) is 5.69 Å². The maximum absolute atomic E-state index is 5.23. The van der Waals surface area contributed by atoms with Gasteiger partial charge in [0.2, 0.25) is 0 Å². The first-order valence-electron chi connectivity index (χ1n) is 6.72. The first-order chi connectivity index (χ1) is 9.33. The monoisotopic (exact) mass is 255 g/mol. The van der Waals surface area contributed by atoms with Crippen LogP contribution in [0.15, 0.2) is 48.5 Å². The molecule has 2 aromatic rings. The van der Waals surface area contributed by atoms with E-state index in [4.69, 9.17) is 4.74 Å². The summed E-state index contributed by atoms with van der Waals surface area (Å²) in [7, 11) is 1.73. The van der Waals surface area contributed by atoms with Gasteiger partial charge >= 0.3 is 0 Å². The minimum absolute atomic E-state index is 0.660. The molecule has 2 heteroatoms. The highest BCUT2D eigenvalue weighted by atomic mass is 16.5. The van der Waals surface area contributed by atoms with Gasteiger partial charge in [-0.15, -0.1) is 0 Å². The number of ether oxygens (including phenoxy) is 1. The number of hydrogen-bond donors (Lipinski definition) is 1. The van der Waals surface area contributed by atoms with Crippen LogP contribution in [0.3, 0.4) is 0 Å². The number of rotatable bonds is 6. The lowest BCUT2D eigenvalue weighted by Gasteiger charge is -2.11. The summed E-state index contributed by atoms with van der Waals surface area (Å²) < 4.78 is 5.23. The normalized spacial score (nSPS) is 10.4. The zero-order valence-electron chi connectivity index (χ0n) is 11.6. The van der Waals surface area contributed by atoms with Crippen molar-refractivity contribution in [1.82, 2.24) is 0 Å². The Morgan fingerprint density at radius 1 is 1.00 bits per heavy atom. The zero-order valence-corrected chi connectivity index (χ0v) is 11.6. The van der Waals surface area contributed by atoms with E-state index >= 15 is 0 Å². The summed E-state index contributed by atoms with van der Waals surface area (Å²) in [6.45, 7) is 3.66. The molecular formula is C17H21NO. The van der Waals surface area contributed by atoms with Gasteiger partial charge in [0, 0.05) is 19.3 Å². The van der Waals surface area contributed by atoms with Crippen molar-refractivity contribution in [1.29, 1.82) is 0 Å². The second-order valence-electron chi connectivity index (χ2n) is 4.61. The number of anilines is 1. The van der Waals surface area contributed by atoms with Gasteiger partial charge in [-0.25, -0.2) is 0 Å². The summed E-state index contributed by atoms with van der Waals surface area (Å²) in [6.07, 6.45) is 1.07. The van der Waals surface area contributed by atoms with E-state index in [0.29, 0.717) is 6.61 Å². The predicted molar refractivity (Wildman–Crippen MR) is 80.3 cm³/mol. The number of aryl methyl sites for hydroxylation is 1. The lowest BCUT2D eigenvalue weighted by molar-refractivity contribution is 0.184. The van der Waals surface area contributed by atoms with Gasteiger partial charge < -0.3 is 10.1 Å². The van der Waals surface area contributed by atoms with Crippen molar-refractivity contribution in [3.8, 4) is 0 Å². The summed E-state index contributed by atoms with van der Waals surface area (Å²) in [5.41, 5.74) is 5.05. The van der Waals surface area contributed by atoms with Gasteiger partial charge in [0.1, 0.15) is 0 Å². The average molecular weight is 255 g/mol. The molecule has 2 nitrogen and oxygen atoms in total. The fraction of sp³-hybridized carbons (Fsp3) is 0.294. The fourth-order valence-electron chi connectivity index (χ4n) is 2.12. The first-order valence-corrected chi connectivity index (χ1v) is 6.72. The summed E-state index contributed by atoms with van der Waals surface area (Å²) >= 11 is 0. The minimum Gasteiger partial charge on any atom is -0.381 e. The van der Waals surface area contributed by atoms with E-state index in [1.807, 2.05) is 0 Å². The number of methoxy groups -OCH3 is 1. The molecule has 0 aliphatic heterocycles. The molecule has 0 fully saturated rings. The van der Waals surface area contributed by atoms with Crippen molar-refractivity contribution in [2.24, 2.45) is 0 Å². The number of nitrogens with one attached hydrogen (secondary N) is 1. The van der Waals surface area contributed by atoms with Crippen LogP contribution in [-0.4, -0.2) is 7.11 Å². The van der Waals surface area contributed by atoms with Crippen molar-refractivity contribution in [3.05, 3.63) is 65.2 Å². The molecule has 0 saturated carbocycles. The van der Waals surface area contributed by atoms with Crippen molar-refractivity contribution >= 4 is 5.69 Å². The molecule has 1 N–H and O–H groups in total. The van der Waals surface area contributed by atoms with Gasteiger partial charge in [-0.05, 0) is 35.2 Å². The van der Waals surface area contributed by atoms with Gasteiger partial charge in [0.15, 0.2) is 0 Å². The predicted octanol–water partition coefficient (Wildman–Crippen LogP) is 4.01. The van der Waals surface area contributed by atoms with Crippen molar-refractivity contribution < 1.29 is 4.74 Å². The molecule has 0 atom stereocenters. The van der Waals surface area contributed by atoms with E-state index in [2.05, 4.69) is 60.8 Å². The summed E-state index contributed by atoms with van der Waals surface area (Å²) in [5, 5.41) is 3.48. The van der Waals surface area contributed by atoms with E-state index in [-0.39, 0.29) is 0 Å². The smallest absolute Gasteiger partial charge is 0.0716 e. The number of hydrogen-bond acceptors (Lipinski definition) is 2. The SMILES string of the molecule is CCc1cccc(NCc2ccccc2COC)c1. The van der Waals surface area contributed by atoms with Crippen LogP contribution >= 0.6 is 0 Å². The van der Waals surface area contributed by atoms with E-state index in [1.165, 1.54) is 22.4 Å². The Labute approximate surface area is 115 Å². The topological polar surface area (TPSA) is 21.3 Å². The molecule has 0 amide bonds. The van der Waals surface area contributed by atoms with E-state index in [0.717, 1.165) is 13.0 Å².